The normalized spacial score (nSPS) is 21.5. The molecule has 2 aromatic rings. The van der Waals surface area contributed by atoms with Crippen LogP contribution in [0.1, 0.15) is 119 Å². The summed E-state index contributed by atoms with van der Waals surface area (Å²) >= 11 is 1.16. The van der Waals surface area contributed by atoms with Crippen molar-refractivity contribution in [2.75, 3.05) is 37.8 Å². The number of aromatic nitrogens is 4. The van der Waals surface area contributed by atoms with Crippen LogP contribution in [0.25, 0.3) is 11.2 Å². The molecule has 28 heteroatoms. The standard InChI is InChI=1S/C40H72N7O17P3S/c1-25(2)11-8-12-26(3)13-9-14-27(4)15-10-16-28(5)39(52)68-20-19-42-30(48)17-18-43-37(51)34(50)40(6,7)22-61-67(58,59)64-66(56,57)60-21-29-33(63-65(53,54)55)32(49)38(62-29)47-24-46-31-35(41)44-23-45-36(31)47/h23-29,32-34,38,49-50H,8-22H2,1-7H3,(H,42,48)(H,43,51)(H,56,57)(H,58,59)(H2,41,44,45)(H2,53,54,55)/t26?,27?,28-,29-,32-,33-,34+,38-/m1/s1. The quantitative estimate of drug-likeness (QED) is 0.0353. The average molecular weight is 1050 g/mol. The predicted molar refractivity (Wildman–Crippen MR) is 251 cm³/mol. The van der Waals surface area contributed by atoms with Crippen molar-refractivity contribution in [1.82, 2.24) is 30.2 Å². The van der Waals surface area contributed by atoms with Crippen LogP contribution >= 0.6 is 35.2 Å². The van der Waals surface area contributed by atoms with Gasteiger partial charge in [0.1, 0.15) is 36.3 Å². The Morgan fingerprint density at radius 3 is 2.10 bits per heavy atom. The van der Waals surface area contributed by atoms with Crippen molar-refractivity contribution in [3.63, 3.8) is 0 Å². The number of carbonyl (C=O) groups is 3. The molecule has 2 aromatic heterocycles. The van der Waals surface area contributed by atoms with Gasteiger partial charge in [-0.2, -0.15) is 4.31 Å². The molecule has 390 valence electrons. The number of aliphatic hydroxyl groups is 2. The summed E-state index contributed by atoms with van der Waals surface area (Å²) in [5.74, 6) is 1.01. The molecule has 1 fully saturated rings. The van der Waals surface area contributed by atoms with E-state index in [0.29, 0.717) is 11.7 Å². The Morgan fingerprint density at radius 1 is 0.882 bits per heavy atom. The highest BCUT2D eigenvalue weighted by atomic mass is 32.2. The van der Waals surface area contributed by atoms with Crippen LogP contribution in [0.5, 0.6) is 0 Å². The third-order valence-corrected chi connectivity index (χ3v) is 15.5. The number of nitrogens with two attached hydrogens (primary N) is 1. The van der Waals surface area contributed by atoms with Gasteiger partial charge in [0.15, 0.2) is 22.8 Å². The van der Waals surface area contributed by atoms with Crippen LogP contribution in [-0.2, 0) is 50.7 Å². The first-order chi connectivity index (χ1) is 31.6. The molecule has 0 saturated carbocycles. The highest BCUT2D eigenvalue weighted by molar-refractivity contribution is 8.13. The number of imidazole rings is 1. The number of aliphatic hydroxyl groups excluding tert-OH is 2. The molecule has 0 spiro atoms. The Bertz CT molecular complexity index is 2080. The van der Waals surface area contributed by atoms with Crippen LogP contribution in [0.4, 0.5) is 5.82 Å². The van der Waals surface area contributed by atoms with Crippen LogP contribution in [0.3, 0.4) is 0 Å². The molecule has 3 rings (SSSR count). The van der Waals surface area contributed by atoms with Crippen molar-refractivity contribution in [3.05, 3.63) is 12.7 Å². The number of phosphoric ester groups is 3. The molecule has 1 saturated heterocycles. The van der Waals surface area contributed by atoms with Gasteiger partial charge in [0, 0.05) is 36.6 Å². The molecule has 0 aromatic carbocycles. The highest BCUT2D eigenvalue weighted by Crippen LogP contribution is 2.61. The van der Waals surface area contributed by atoms with E-state index in [4.69, 9.17) is 19.5 Å². The topological polar surface area (TPSA) is 364 Å². The Balaban J connectivity index is 1.34. The van der Waals surface area contributed by atoms with E-state index in [1.807, 2.05) is 6.92 Å². The van der Waals surface area contributed by atoms with Crippen molar-refractivity contribution in [3.8, 4) is 0 Å². The van der Waals surface area contributed by atoms with Gasteiger partial charge in [-0.1, -0.05) is 112 Å². The van der Waals surface area contributed by atoms with Gasteiger partial charge in [0.05, 0.1) is 19.5 Å². The number of hydrogen-bond acceptors (Lipinski definition) is 18. The summed E-state index contributed by atoms with van der Waals surface area (Å²) in [6.07, 6.45) is 3.58. The lowest BCUT2D eigenvalue weighted by Gasteiger charge is -2.30. The minimum Gasteiger partial charge on any atom is -0.386 e. The molecule has 3 heterocycles. The maximum Gasteiger partial charge on any atom is 0.481 e. The van der Waals surface area contributed by atoms with Gasteiger partial charge in [-0.3, -0.25) is 32.5 Å². The van der Waals surface area contributed by atoms with Crippen LogP contribution in [0.2, 0.25) is 0 Å². The summed E-state index contributed by atoms with van der Waals surface area (Å²) in [6, 6.07) is 0. The summed E-state index contributed by atoms with van der Waals surface area (Å²) in [6.45, 7) is 11.6. The van der Waals surface area contributed by atoms with E-state index in [0.717, 1.165) is 60.1 Å². The number of nitrogens with one attached hydrogen (secondary N) is 2. The van der Waals surface area contributed by atoms with Crippen LogP contribution in [-0.4, -0.2) is 123 Å². The number of nitrogen functional groups attached to an aromatic ring is 1. The number of anilines is 1. The summed E-state index contributed by atoms with van der Waals surface area (Å²) in [4.78, 5) is 89.0. The fourth-order valence-electron chi connectivity index (χ4n) is 7.29. The molecule has 4 unspecified atom stereocenters. The zero-order valence-corrected chi connectivity index (χ0v) is 43.2. The average Bonchev–Trinajstić information content (AvgIpc) is 3.80. The monoisotopic (exact) mass is 1050 g/mol. The summed E-state index contributed by atoms with van der Waals surface area (Å²) < 4.78 is 62.5. The highest BCUT2D eigenvalue weighted by Gasteiger charge is 2.50. The maximum atomic E-state index is 12.8. The largest absolute Gasteiger partial charge is 0.481 e. The number of fused-ring (bicyclic) bond motifs is 1. The second-order valence-corrected chi connectivity index (χ2v) is 23.9. The fourth-order valence-corrected chi connectivity index (χ4v) is 10.9. The number of ether oxygens (including phenoxy) is 1. The van der Waals surface area contributed by atoms with E-state index in [2.05, 4.69) is 62.1 Å². The van der Waals surface area contributed by atoms with E-state index < -0.39 is 84.6 Å². The number of amides is 2. The van der Waals surface area contributed by atoms with E-state index in [1.165, 1.54) is 52.4 Å². The summed E-state index contributed by atoms with van der Waals surface area (Å²) in [7, 11) is -16.4. The van der Waals surface area contributed by atoms with Crippen molar-refractivity contribution < 1.29 is 80.5 Å². The van der Waals surface area contributed by atoms with Crippen LogP contribution in [0.15, 0.2) is 12.7 Å². The first-order valence-electron chi connectivity index (χ1n) is 22.7. The summed E-state index contributed by atoms with van der Waals surface area (Å²) in [5, 5.41) is 26.7. The van der Waals surface area contributed by atoms with Crippen LogP contribution < -0.4 is 16.4 Å². The minimum absolute atomic E-state index is 0.0330. The molecule has 24 nitrogen and oxygen atoms in total. The van der Waals surface area contributed by atoms with Crippen molar-refractivity contribution in [2.45, 2.75) is 143 Å². The molecule has 0 bridgehead atoms. The number of thioether (sulfide) groups is 1. The number of hydrogen-bond donors (Lipinski definition) is 9. The van der Waals surface area contributed by atoms with Crippen molar-refractivity contribution in [2.24, 2.45) is 29.1 Å². The molecule has 10 atom stereocenters. The molecule has 2 amide bonds. The lowest BCUT2D eigenvalue weighted by Crippen LogP contribution is -2.46. The minimum atomic E-state index is -5.58. The van der Waals surface area contributed by atoms with Gasteiger partial charge in [-0.05, 0) is 24.2 Å². The first-order valence-corrected chi connectivity index (χ1v) is 28.2. The lowest BCUT2D eigenvalue weighted by atomic mass is 9.87. The third-order valence-electron chi connectivity index (χ3n) is 11.4. The van der Waals surface area contributed by atoms with E-state index in [1.54, 1.807) is 0 Å². The predicted octanol–water partition coefficient (Wildman–Crippen LogP) is 4.74. The number of phosphoric acid groups is 3. The van der Waals surface area contributed by atoms with Gasteiger partial charge < -0.3 is 50.9 Å². The van der Waals surface area contributed by atoms with Gasteiger partial charge in [0.25, 0.3) is 0 Å². The molecule has 0 aliphatic carbocycles. The summed E-state index contributed by atoms with van der Waals surface area (Å²) in [5.41, 5.74) is 4.29. The fraction of sp³-hybridized carbons (Fsp3) is 0.800. The van der Waals surface area contributed by atoms with Crippen LogP contribution in [0, 0.1) is 29.1 Å². The zero-order chi connectivity index (χ0) is 51.0. The number of rotatable bonds is 32. The molecule has 68 heavy (non-hydrogen) atoms. The SMILES string of the molecule is CC(C)CCCC(C)CCCC(C)CCC[C@@H](C)C(=O)SCCNC(=O)CCNC(=O)[C@H](O)C(C)(C)COP(=O)(O)OP(=O)(O)OC[C@H]1O[C@@H](n2cnc3c(N)ncnc32)[C@H](O)[C@@H]1OP(=O)(O)O. The van der Waals surface area contributed by atoms with E-state index in [9.17, 15) is 57.9 Å². The second kappa shape index (κ2) is 27.4. The third kappa shape index (κ3) is 20.7. The Kier molecular flexibility index (Phi) is 24.1. The molecule has 1 aliphatic rings. The first kappa shape index (κ1) is 59.9. The lowest BCUT2D eigenvalue weighted by molar-refractivity contribution is -0.137. The molecule has 10 N–H and O–H groups in total. The van der Waals surface area contributed by atoms with Crippen molar-refractivity contribution >= 4 is 69.1 Å². The van der Waals surface area contributed by atoms with E-state index in [-0.39, 0.29) is 47.5 Å². The number of carbonyl (C=O) groups excluding carboxylic acids is 3. The van der Waals surface area contributed by atoms with Gasteiger partial charge in [-0.25, -0.2) is 28.6 Å². The molecular weight excluding hydrogens is 975 g/mol. The molecular formula is C40H72N7O17P3S. The van der Waals surface area contributed by atoms with Gasteiger partial charge >= 0.3 is 23.5 Å². The maximum absolute atomic E-state index is 12.8. The molecule has 0 radical (unpaired) electrons. The number of nitrogens with zero attached hydrogens (tertiary/aromatic N) is 4. The Labute approximate surface area is 401 Å². The molecule has 1 aliphatic heterocycles. The Hall–Kier alpha value is -2.44. The van der Waals surface area contributed by atoms with E-state index >= 15 is 0 Å². The van der Waals surface area contributed by atoms with Gasteiger partial charge in [0.2, 0.25) is 11.8 Å². The van der Waals surface area contributed by atoms with Crippen molar-refractivity contribution in [1.29, 1.82) is 0 Å². The van der Waals surface area contributed by atoms with Gasteiger partial charge in [-0.15, -0.1) is 0 Å². The second-order valence-electron chi connectivity index (χ2n) is 18.5. The smallest absolute Gasteiger partial charge is 0.386 e. The zero-order valence-electron chi connectivity index (χ0n) is 39.7. The Morgan fingerprint density at radius 2 is 1.49 bits per heavy atom.